The van der Waals surface area contributed by atoms with Crippen LogP contribution in [0.3, 0.4) is 0 Å². The fraction of sp³-hybridized carbons (Fsp3) is 0.455. The van der Waals surface area contributed by atoms with Crippen LogP contribution in [0.2, 0.25) is 0 Å². The van der Waals surface area contributed by atoms with Gasteiger partial charge in [-0.25, -0.2) is 0 Å². The second-order valence-electron chi connectivity index (χ2n) is 3.00. The van der Waals surface area contributed by atoms with Crippen molar-refractivity contribution in [2.45, 2.75) is 19.8 Å². The molecular formula is C11H17N. The molecule has 12 heavy (non-hydrogen) atoms. The molecule has 0 aromatic heterocycles. The van der Waals surface area contributed by atoms with E-state index in [4.69, 9.17) is 0 Å². The SMILES string of the molecule is C=CC1=C(C=C)N(CC)CCC1. The van der Waals surface area contributed by atoms with Crippen LogP contribution < -0.4 is 0 Å². The standard InChI is InChI=1S/C11H17N/c1-4-10-8-7-9-12(6-3)11(10)5-2/h4-5H,1-2,6-9H2,3H3. The molecular weight excluding hydrogens is 146 g/mol. The predicted octanol–water partition coefficient (Wildman–Crippen LogP) is 2.73. The van der Waals surface area contributed by atoms with E-state index in [2.05, 4.69) is 25.0 Å². The Morgan fingerprint density at radius 1 is 1.42 bits per heavy atom. The van der Waals surface area contributed by atoms with Crippen LogP contribution in [-0.4, -0.2) is 18.0 Å². The van der Waals surface area contributed by atoms with E-state index in [0.717, 1.165) is 19.5 Å². The molecule has 0 saturated heterocycles. The summed E-state index contributed by atoms with van der Waals surface area (Å²) in [5.74, 6) is 0. The van der Waals surface area contributed by atoms with Gasteiger partial charge in [0.05, 0.1) is 0 Å². The number of hydrogen-bond acceptors (Lipinski definition) is 1. The lowest BCUT2D eigenvalue weighted by molar-refractivity contribution is 0.345. The van der Waals surface area contributed by atoms with Crippen molar-refractivity contribution >= 4 is 0 Å². The summed E-state index contributed by atoms with van der Waals surface area (Å²) < 4.78 is 0. The average Bonchev–Trinajstić information content (AvgIpc) is 2.16. The molecule has 0 saturated carbocycles. The summed E-state index contributed by atoms with van der Waals surface area (Å²) in [5.41, 5.74) is 2.62. The fourth-order valence-electron chi connectivity index (χ4n) is 1.71. The molecule has 0 radical (unpaired) electrons. The molecule has 1 nitrogen and oxygen atoms in total. The second-order valence-corrected chi connectivity index (χ2v) is 3.00. The van der Waals surface area contributed by atoms with E-state index in [9.17, 15) is 0 Å². The Hall–Kier alpha value is -0.980. The number of likely N-dealkylation sites (N-methyl/N-ethyl adjacent to an activating group) is 1. The van der Waals surface area contributed by atoms with Gasteiger partial charge >= 0.3 is 0 Å². The Morgan fingerprint density at radius 3 is 2.67 bits per heavy atom. The molecule has 1 heteroatoms. The summed E-state index contributed by atoms with van der Waals surface area (Å²) in [7, 11) is 0. The first-order valence-corrected chi connectivity index (χ1v) is 4.56. The van der Waals surface area contributed by atoms with Crippen molar-refractivity contribution in [3.8, 4) is 0 Å². The zero-order valence-corrected chi connectivity index (χ0v) is 7.84. The van der Waals surface area contributed by atoms with Crippen molar-refractivity contribution in [3.63, 3.8) is 0 Å². The molecule has 0 atom stereocenters. The molecule has 0 spiro atoms. The van der Waals surface area contributed by atoms with E-state index in [0.29, 0.717) is 0 Å². The summed E-state index contributed by atoms with van der Waals surface area (Å²) in [6.45, 7) is 12.1. The topological polar surface area (TPSA) is 3.24 Å². The third kappa shape index (κ3) is 1.60. The predicted molar refractivity (Wildman–Crippen MR) is 53.9 cm³/mol. The van der Waals surface area contributed by atoms with Gasteiger partial charge in [-0.2, -0.15) is 0 Å². The van der Waals surface area contributed by atoms with E-state index < -0.39 is 0 Å². The Kier molecular flexibility index (Phi) is 3.15. The molecule has 0 N–H and O–H groups in total. The zero-order chi connectivity index (χ0) is 8.97. The van der Waals surface area contributed by atoms with Gasteiger partial charge in [0.1, 0.15) is 0 Å². The highest BCUT2D eigenvalue weighted by molar-refractivity contribution is 5.32. The quantitative estimate of drug-likeness (QED) is 0.618. The lowest BCUT2D eigenvalue weighted by Crippen LogP contribution is -2.27. The molecule has 1 aliphatic rings. The third-order valence-corrected chi connectivity index (χ3v) is 2.37. The van der Waals surface area contributed by atoms with Crippen molar-refractivity contribution < 1.29 is 0 Å². The maximum atomic E-state index is 3.83. The minimum Gasteiger partial charge on any atom is -0.372 e. The molecule has 1 heterocycles. The number of nitrogens with zero attached hydrogens (tertiary/aromatic N) is 1. The van der Waals surface area contributed by atoms with Crippen LogP contribution in [0.15, 0.2) is 36.6 Å². The molecule has 0 aromatic rings. The summed E-state index contributed by atoms with van der Waals surface area (Å²) in [4.78, 5) is 2.35. The van der Waals surface area contributed by atoms with Gasteiger partial charge in [-0.15, -0.1) is 0 Å². The van der Waals surface area contributed by atoms with E-state index >= 15 is 0 Å². The van der Waals surface area contributed by atoms with Crippen molar-refractivity contribution in [3.05, 3.63) is 36.6 Å². The van der Waals surface area contributed by atoms with Gasteiger partial charge in [0.15, 0.2) is 0 Å². The van der Waals surface area contributed by atoms with E-state index in [1.165, 1.54) is 17.7 Å². The van der Waals surface area contributed by atoms with Crippen LogP contribution in [0.4, 0.5) is 0 Å². The van der Waals surface area contributed by atoms with Crippen molar-refractivity contribution in [2.24, 2.45) is 0 Å². The van der Waals surface area contributed by atoms with E-state index in [1.54, 1.807) is 0 Å². The van der Waals surface area contributed by atoms with Crippen LogP contribution in [0.1, 0.15) is 19.8 Å². The van der Waals surface area contributed by atoms with Crippen LogP contribution in [0.25, 0.3) is 0 Å². The van der Waals surface area contributed by atoms with Gasteiger partial charge in [0.2, 0.25) is 0 Å². The minimum atomic E-state index is 1.07. The first-order valence-electron chi connectivity index (χ1n) is 4.56. The first kappa shape index (κ1) is 9.11. The number of allylic oxidation sites excluding steroid dienone is 3. The van der Waals surface area contributed by atoms with Crippen molar-refractivity contribution in [1.82, 2.24) is 4.90 Å². The number of hydrogen-bond donors (Lipinski definition) is 0. The molecule has 0 amide bonds. The molecule has 0 aliphatic carbocycles. The lowest BCUT2D eigenvalue weighted by atomic mass is 10.0. The van der Waals surface area contributed by atoms with Crippen LogP contribution >= 0.6 is 0 Å². The highest BCUT2D eigenvalue weighted by Crippen LogP contribution is 2.22. The molecule has 0 fully saturated rings. The lowest BCUT2D eigenvalue weighted by Gasteiger charge is -2.30. The second kappa shape index (κ2) is 4.15. The molecule has 1 rings (SSSR count). The van der Waals surface area contributed by atoms with Gasteiger partial charge in [0, 0.05) is 18.8 Å². The third-order valence-electron chi connectivity index (χ3n) is 2.37. The van der Waals surface area contributed by atoms with Crippen molar-refractivity contribution in [2.75, 3.05) is 13.1 Å². The first-order chi connectivity index (χ1) is 5.83. The van der Waals surface area contributed by atoms with Crippen LogP contribution in [0, 0.1) is 0 Å². The van der Waals surface area contributed by atoms with Crippen LogP contribution in [-0.2, 0) is 0 Å². The summed E-state index contributed by atoms with van der Waals surface area (Å²) in [6.07, 6.45) is 6.30. The van der Waals surface area contributed by atoms with E-state index in [1.807, 2.05) is 12.2 Å². The Bertz CT molecular complexity index is 213. The van der Waals surface area contributed by atoms with Gasteiger partial charge in [0.25, 0.3) is 0 Å². The van der Waals surface area contributed by atoms with E-state index in [-0.39, 0.29) is 0 Å². The van der Waals surface area contributed by atoms with Gasteiger partial charge in [-0.3, -0.25) is 0 Å². The number of rotatable bonds is 3. The Morgan fingerprint density at radius 2 is 2.17 bits per heavy atom. The normalized spacial score (nSPS) is 17.9. The molecule has 0 bridgehead atoms. The molecule has 0 aromatic carbocycles. The molecule has 1 aliphatic heterocycles. The zero-order valence-electron chi connectivity index (χ0n) is 7.84. The highest BCUT2D eigenvalue weighted by Gasteiger charge is 2.13. The van der Waals surface area contributed by atoms with Gasteiger partial charge in [-0.05, 0) is 31.4 Å². The van der Waals surface area contributed by atoms with Gasteiger partial charge in [-0.1, -0.05) is 19.2 Å². The fourth-order valence-corrected chi connectivity index (χ4v) is 1.71. The Labute approximate surface area is 75.1 Å². The largest absolute Gasteiger partial charge is 0.372 e. The van der Waals surface area contributed by atoms with Crippen molar-refractivity contribution in [1.29, 1.82) is 0 Å². The van der Waals surface area contributed by atoms with Crippen LogP contribution in [0.5, 0.6) is 0 Å². The summed E-state index contributed by atoms with van der Waals surface area (Å²) in [5, 5.41) is 0. The molecule has 66 valence electrons. The average molecular weight is 163 g/mol. The smallest absolute Gasteiger partial charge is 0.0392 e. The monoisotopic (exact) mass is 163 g/mol. The summed E-state index contributed by atoms with van der Waals surface area (Å²) >= 11 is 0. The maximum Gasteiger partial charge on any atom is 0.0392 e. The minimum absolute atomic E-state index is 1.07. The van der Waals surface area contributed by atoms with Gasteiger partial charge < -0.3 is 4.90 Å². The maximum absolute atomic E-state index is 3.83. The Balaban J connectivity index is 2.92. The summed E-state index contributed by atoms with van der Waals surface area (Å²) in [6, 6.07) is 0. The highest BCUT2D eigenvalue weighted by atomic mass is 15.1. The molecule has 0 unspecified atom stereocenters.